The van der Waals surface area contributed by atoms with Crippen molar-refractivity contribution in [3.8, 4) is 0 Å². The van der Waals surface area contributed by atoms with Gasteiger partial charge in [-0.3, -0.25) is 18.7 Å². The summed E-state index contributed by atoms with van der Waals surface area (Å²) in [5.41, 5.74) is 4.82. The molecule has 1 heterocycles. The Balaban J connectivity index is 3.58. The first-order valence-corrected chi connectivity index (χ1v) is 6.34. The monoisotopic (exact) mass is 268 g/mol. The van der Waals surface area contributed by atoms with Crippen LogP contribution in [0.4, 0.5) is 11.5 Å². The minimum absolute atomic E-state index is 0.0133. The van der Waals surface area contributed by atoms with Crippen LogP contribution in [0.3, 0.4) is 0 Å². The van der Waals surface area contributed by atoms with E-state index in [4.69, 9.17) is 5.73 Å². The Labute approximate surface area is 111 Å². The van der Waals surface area contributed by atoms with Crippen LogP contribution in [0.25, 0.3) is 0 Å². The summed E-state index contributed by atoms with van der Waals surface area (Å²) in [6, 6.07) is 0. The molecule has 1 aromatic heterocycles. The number of hydrogen-bond donors (Lipinski definition) is 2. The van der Waals surface area contributed by atoms with Gasteiger partial charge in [-0.05, 0) is 12.8 Å². The van der Waals surface area contributed by atoms with Crippen LogP contribution in [0.2, 0.25) is 0 Å². The lowest BCUT2D eigenvalue weighted by Gasteiger charge is -2.15. The van der Waals surface area contributed by atoms with E-state index in [2.05, 4.69) is 5.32 Å². The number of hydrogen-bond acceptors (Lipinski definition) is 4. The van der Waals surface area contributed by atoms with Gasteiger partial charge in [-0.25, -0.2) is 4.79 Å². The van der Waals surface area contributed by atoms with Crippen LogP contribution >= 0.6 is 0 Å². The van der Waals surface area contributed by atoms with Crippen molar-refractivity contribution in [2.75, 3.05) is 11.1 Å². The van der Waals surface area contributed by atoms with E-state index in [0.29, 0.717) is 25.9 Å². The van der Waals surface area contributed by atoms with Crippen molar-refractivity contribution in [1.82, 2.24) is 9.13 Å². The van der Waals surface area contributed by atoms with Crippen molar-refractivity contribution < 1.29 is 4.79 Å². The summed E-state index contributed by atoms with van der Waals surface area (Å²) in [5, 5.41) is 2.41. The highest BCUT2D eigenvalue weighted by molar-refractivity contribution is 5.91. The number of aromatic nitrogens is 2. The van der Waals surface area contributed by atoms with Crippen LogP contribution in [0.5, 0.6) is 0 Å². The normalized spacial score (nSPS) is 10.5. The number of rotatable bonds is 5. The number of nitrogens with one attached hydrogen (secondary N) is 1. The highest BCUT2D eigenvalue weighted by atomic mass is 16.2. The van der Waals surface area contributed by atoms with Gasteiger partial charge >= 0.3 is 5.69 Å². The highest BCUT2D eigenvalue weighted by Gasteiger charge is 2.17. The van der Waals surface area contributed by atoms with Crippen LogP contribution in [0.15, 0.2) is 9.59 Å². The van der Waals surface area contributed by atoms with Gasteiger partial charge in [-0.1, -0.05) is 13.8 Å². The zero-order valence-electron chi connectivity index (χ0n) is 11.5. The molecule has 0 spiro atoms. The van der Waals surface area contributed by atoms with Crippen molar-refractivity contribution >= 4 is 17.4 Å². The lowest BCUT2D eigenvalue weighted by Crippen LogP contribution is -2.42. The van der Waals surface area contributed by atoms with E-state index < -0.39 is 17.2 Å². The maximum atomic E-state index is 12.2. The summed E-state index contributed by atoms with van der Waals surface area (Å²) in [6.45, 7) is 5.76. The molecule has 0 aromatic carbocycles. The van der Waals surface area contributed by atoms with E-state index in [9.17, 15) is 14.4 Å². The number of nitrogens with zero attached hydrogens (tertiary/aromatic N) is 2. The number of nitrogens with two attached hydrogens (primary N) is 1. The Morgan fingerprint density at radius 2 is 1.68 bits per heavy atom. The third kappa shape index (κ3) is 3.04. The second-order valence-electron chi connectivity index (χ2n) is 4.33. The second-order valence-corrected chi connectivity index (χ2v) is 4.33. The Kier molecular flexibility index (Phi) is 4.91. The van der Waals surface area contributed by atoms with Gasteiger partial charge in [0.1, 0.15) is 11.5 Å². The molecular weight excluding hydrogens is 248 g/mol. The largest absolute Gasteiger partial charge is 0.383 e. The Morgan fingerprint density at radius 1 is 1.16 bits per heavy atom. The molecule has 0 unspecified atom stereocenters. The molecule has 0 saturated heterocycles. The molecule has 19 heavy (non-hydrogen) atoms. The van der Waals surface area contributed by atoms with Crippen molar-refractivity contribution in [3.05, 3.63) is 20.8 Å². The average Bonchev–Trinajstić information content (AvgIpc) is 2.35. The standard InChI is InChI=1S/C12H20N4O3/c1-4-6-15-10(13)9(14-8(3)17)11(18)16(7-5-2)12(15)19/h4-7,13H2,1-3H3,(H,14,17). The van der Waals surface area contributed by atoms with Crippen LogP contribution in [-0.4, -0.2) is 15.0 Å². The summed E-state index contributed by atoms with van der Waals surface area (Å²) in [5.74, 6) is -0.382. The third-order valence-electron chi connectivity index (χ3n) is 2.66. The molecule has 0 aliphatic heterocycles. The topological polar surface area (TPSA) is 99.1 Å². The van der Waals surface area contributed by atoms with Crippen molar-refractivity contribution in [1.29, 1.82) is 0 Å². The van der Waals surface area contributed by atoms with Gasteiger partial charge in [0.25, 0.3) is 5.56 Å². The van der Waals surface area contributed by atoms with E-state index in [1.54, 1.807) is 0 Å². The van der Waals surface area contributed by atoms with Gasteiger partial charge in [-0.15, -0.1) is 0 Å². The predicted octanol–water partition coefficient (Wildman–Crippen LogP) is 0.371. The molecule has 1 amide bonds. The maximum Gasteiger partial charge on any atom is 0.332 e. The number of amides is 1. The van der Waals surface area contributed by atoms with Gasteiger partial charge in [0.15, 0.2) is 0 Å². The quantitative estimate of drug-likeness (QED) is 0.806. The molecule has 0 bridgehead atoms. The molecule has 0 fully saturated rings. The molecule has 0 saturated carbocycles. The van der Waals surface area contributed by atoms with E-state index >= 15 is 0 Å². The number of carbonyl (C=O) groups excluding carboxylic acids is 1. The summed E-state index contributed by atoms with van der Waals surface area (Å²) in [4.78, 5) is 35.4. The fourth-order valence-electron chi connectivity index (χ4n) is 1.87. The minimum Gasteiger partial charge on any atom is -0.383 e. The van der Waals surface area contributed by atoms with Crippen LogP contribution < -0.4 is 22.3 Å². The highest BCUT2D eigenvalue weighted by Crippen LogP contribution is 2.11. The summed E-state index contributed by atoms with van der Waals surface area (Å²) >= 11 is 0. The summed E-state index contributed by atoms with van der Waals surface area (Å²) < 4.78 is 2.43. The molecule has 1 aromatic rings. The van der Waals surface area contributed by atoms with Gasteiger partial charge in [0.2, 0.25) is 5.91 Å². The van der Waals surface area contributed by atoms with Gasteiger partial charge in [-0.2, -0.15) is 0 Å². The molecule has 3 N–H and O–H groups in total. The summed E-state index contributed by atoms with van der Waals surface area (Å²) in [7, 11) is 0. The van der Waals surface area contributed by atoms with E-state index in [1.807, 2.05) is 13.8 Å². The zero-order valence-corrected chi connectivity index (χ0v) is 11.5. The molecule has 1 rings (SSSR count). The first kappa shape index (κ1) is 15.0. The molecule has 0 radical (unpaired) electrons. The first-order valence-electron chi connectivity index (χ1n) is 6.34. The smallest absolute Gasteiger partial charge is 0.332 e. The number of nitrogen functional groups attached to an aromatic ring is 1. The Bertz CT molecular complexity index is 586. The molecule has 106 valence electrons. The van der Waals surface area contributed by atoms with E-state index in [0.717, 1.165) is 4.57 Å². The van der Waals surface area contributed by atoms with Crippen molar-refractivity contribution in [3.63, 3.8) is 0 Å². The van der Waals surface area contributed by atoms with Gasteiger partial charge in [0.05, 0.1) is 0 Å². The molecule has 0 aliphatic rings. The van der Waals surface area contributed by atoms with E-state index in [1.165, 1.54) is 11.5 Å². The molecule has 7 nitrogen and oxygen atoms in total. The van der Waals surface area contributed by atoms with Crippen LogP contribution in [0.1, 0.15) is 33.6 Å². The number of carbonyl (C=O) groups is 1. The molecule has 0 aliphatic carbocycles. The SMILES string of the molecule is CCCn1c(N)c(NC(C)=O)c(=O)n(CCC)c1=O. The van der Waals surface area contributed by atoms with Gasteiger partial charge < -0.3 is 11.1 Å². The fourth-order valence-corrected chi connectivity index (χ4v) is 1.87. The third-order valence-corrected chi connectivity index (χ3v) is 2.66. The lowest BCUT2D eigenvalue weighted by atomic mass is 10.3. The Hall–Kier alpha value is -2.05. The van der Waals surface area contributed by atoms with Crippen LogP contribution in [-0.2, 0) is 17.9 Å². The molecule has 0 atom stereocenters. The predicted molar refractivity (Wildman–Crippen MR) is 74.3 cm³/mol. The minimum atomic E-state index is -0.549. The second kappa shape index (κ2) is 6.21. The number of anilines is 2. The van der Waals surface area contributed by atoms with Crippen molar-refractivity contribution in [2.45, 2.75) is 46.7 Å². The average molecular weight is 268 g/mol. The molecule has 7 heteroatoms. The van der Waals surface area contributed by atoms with Crippen LogP contribution in [0, 0.1) is 0 Å². The van der Waals surface area contributed by atoms with Gasteiger partial charge in [0, 0.05) is 20.0 Å². The lowest BCUT2D eigenvalue weighted by molar-refractivity contribution is -0.114. The fraction of sp³-hybridized carbons (Fsp3) is 0.583. The summed E-state index contributed by atoms with van der Waals surface area (Å²) in [6.07, 6.45) is 1.35. The van der Waals surface area contributed by atoms with Crippen molar-refractivity contribution in [2.24, 2.45) is 0 Å². The molecular formula is C12H20N4O3. The Morgan fingerprint density at radius 3 is 2.16 bits per heavy atom. The van der Waals surface area contributed by atoms with E-state index in [-0.39, 0.29) is 11.5 Å². The zero-order chi connectivity index (χ0) is 14.6. The maximum absolute atomic E-state index is 12.2. The first-order chi connectivity index (χ1) is 8.93.